The van der Waals surface area contributed by atoms with Gasteiger partial charge in [-0.3, -0.25) is 5.43 Å². The molecule has 8 heteroatoms. The molecule has 3 rings (SSSR count). The van der Waals surface area contributed by atoms with E-state index in [1.54, 1.807) is 46.6 Å². The standard InChI is InChI=1S/C33H43N3O5/c1-32(2,3)40-30(38)34-28(21-24-13-9-7-10-14-24)29(37)23-36(35-31(39)41-33(4,5)6)22-25-17-19-27(20-18-25)26-15-11-8-12-16-26/h7-20,28-29,37H,21-23H2,1-6H3,(H,34,38)(H,35,39)/t28-,29-/m0/s1. The van der Waals surface area contributed by atoms with Gasteiger partial charge in [-0.05, 0) is 70.2 Å². The van der Waals surface area contributed by atoms with Gasteiger partial charge in [0.15, 0.2) is 0 Å². The van der Waals surface area contributed by atoms with Crippen LogP contribution < -0.4 is 10.7 Å². The van der Waals surface area contributed by atoms with Crippen molar-refractivity contribution in [3.63, 3.8) is 0 Å². The van der Waals surface area contributed by atoms with Gasteiger partial charge < -0.3 is 19.9 Å². The van der Waals surface area contributed by atoms with Crippen molar-refractivity contribution < 1.29 is 24.2 Å². The molecule has 3 aromatic rings. The first-order valence-corrected chi connectivity index (χ1v) is 13.9. The minimum absolute atomic E-state index is 0.0208. The number of hydrogen-bond acceptors (Lipinski definition) is 6. The van der Waals surface area contributed by atoms with Crippen molar-refractivity contribution in [2.45, 2.75) is 77.9 Å². The predicted octanol–water partition coefficient (Wildman–Crippen LogP) is 6.09. The molecule has 0 aliphatic rings. The Bertz CT molecular complexity index is 1240. The Labute approximate surface area is 243 Å². The summed E-state index contributed by atoms with van der Waals surface area (Å²) in [5.74, 6) is 0. The second-order valence-electron chi connectivity index (χ2n) is 12.1. The summed E-state index contributed by atoms with van der Waals surface area (Å²) in [6.45, 7) is 11.0. The lowest BCUT2D eigenvalue weighted by Gasteiger charge is -2.31. The van der Waals surface area contributed by atoms with Gasteiger partial charge in [-0.1, -0.05) is 84.9 Å². The highest BCUT2D eigenvalue weighted by molar-refractivity contribution is 5.68. The highest BCUT2D eigenvalue weighted by atomic mass is 16.6. The number of carbonyl (C=O) groups is 2. The third kappa shape index (κ3) is 11.6. The van der Waals surface area contributed by atoms with E-state index >= 15 is 0 Å². The van der Waals surface area contributed by atoms with Crippen molar-refractivity contribution in [2.75, 3.05) is 6.54 Å². The van der Waals surface area contributed by atoms with Crippen LogP contribution in [0.25, 0.3) is 11.1 Å². The largest absolute Gasteiger partial charge is 0.444 e. The molecule has 3 N–H and O–H groups in total. The van der Waals surface area contributed by atoms with Crippen LogP contribution in [0.2, 0.25) is 0 Å². The summed E-state index contributed by atoms with van der Waals surface area (Å²) >= 11 is 0. The van der Waals surface area contributed by atoms with Gasteiger partial charge in [0.25, 0.3) is 0 Å². The number of carbonyl (C=O) groups excluding carboxylic acids is 2. The molecule has 2 atom stereocenters. The van der Waals surface area contributed by atoms with Gasteiger partial charge >= 0.3 is 12.2 Å². The van der Waals surface area contributed by atoms with Crippen LogP contribution in [-0.4, -0.2) is 52.2 Å². The molecule has 0 saturated heterocycles. The second kappa shape index (κ2) is 14.1. The van der Waals surface area contributed by atoms with Gasteiger partial charge in [-0.15, -0.1) is 0 Å². The van der Waals surface area contributed by atoms with E-state index in [0.717, 1.165) is 22.3 Å². The number of ether oxygens (including phenoxy) is 2. The van der Waals surface area contributed by atoms with Crippen LogP contribution in [0.1, 0.15) is 52.7 Å². The third-order valence-corrected chi connectivity index (χ3v) is 5.96. The van der Waals surface area contributed by atoms with Crippen LogP contribution in [0, 0.1) is 0 Å². The highest BCUT2D eigenvalue weighted by Gasteiger charge is 2.28. The average Bonchev–Trinajstić information content (AvgIpc) is 2.87. The summed E-state index contributed by atoms with van der Waals surface area (Å²) in [7, 11) is 0. The number of nitrogens with zero attached hydrogens (tertiary/aromatic N) is 1. The maximum atomic E-state index is 12.7. The van der Waals surface area contributed by atoms with E-state index in [9.17, 15) is 14.7 Å². The van der Waals surface area contributed by atoms with Crippen molar-refractivity contribution in [3.05, 3.63) is 96.1 Å². The zero-order valence-corrected chi connectivity index (χ0v) is 24.9. The van der Waals surface area contributed by atoms with E-state index in [0.29, 0.717) is 13.0 Å². The monoisotopic (exact) mass is 561 g/mol. The fourth-order valence-electron chi connectivity index (χ4n) is 4.20. The van der Waals surface area contributed by atoms with E-state index in [2.05, 4.69) is 10.7 Å². The first-order valence-electron chi connectivity index (χ1n) is 13.9. The van der Waals surface area contributed by atoms with Crippen molar-refractivity contribution in [3.8, 4) is 11.1 Å². The van der Waals surface area contributed by atoms with Crippen LogP contribution in [-0.2, 0) is 22.4 Å². The minimum atomic E-state index is -1.05. The molecule has 0 spiro atoms. The van der Waals surface area contributed by atoms with E-state index < -0.39 is 35.5 Å². The summed E-state index contributed by atoms with van der Waals surface area (Å²) < 4.78 is 10.9. The number of aliphatic hydroxyl groups excluding tert-OH is 1. The van der Waals surface area contributed by atoms with E-state index in [4.69, 9.17) is 9.47 Å². The van der Waals surface area contributed by atoms with Gasteiger partial charge in [0.2, 0.25) is 0 Å². The SMILES string of the molecule is CC(C)(C)OC(=O)N[C@@H](Cc1ccccc1)[C@@H](O)CN(Cc1ccc(-c2ccccc2)cc1)NC(=O)OC(C)(C)C. The van der Waals surface area contributed by atoms with E-state index in [1.807, 2.05) is 84.9 Å². The number of rotatable bonds is 10. The highest BCUT2D eigenvalue weighted by Crippen LogP contribution is 2.20. The van der Waals surface area contributed by atoms with Gasteiger partial charge in [-0.25, -0.2) is 14.6 Å². The van der Waals surface area contributed by atoms with Gasteiger partial charge in [0.05, 0.1) is 12.1 Å². The Morgan fingerprint density at radius 2 is 1.24 bits per heavy atom. The van der Waals surface area contributed by atoms with Gasteiger partial charge in [-0.2, -0.15) is 0 Å². The van der Waals surface area contributed by atoms with E-state index in [1.165, 1.54) is 0 Å². The topological polar surface area (TPSA) is 100 Å². The van der Waals surface area contributed by atoms with Crippen molar-refractivity contribution in [1.29, 1.82) is 0 Å². The molecule has 2 amide bonds. The van der Waals surface area contributed by atoms with E-state index in [-0.39, 0.29) is 6.54 Å². The Morgan fingerprint density at radius 3 is 1.80 bits per heavy atom. The predicted molar refractivity (Wildman–Crippen MR) is 161 cm³/mol. The minimum Gasteiger partial charge on any atom is -0.444 e. The van der Waals surface area contributed by atoms with Crippen LogP contribution in [0.3, 0.4) is 0 Å². The lowest BCUT2D eigenvalue weighted by Crippen LogP contribution is -2.54. The van der Waals surface area contributed by atoms with Crippen molar-refractivity contribution in [1.82, 2.24) is 15.8 Å². The fourth-order valence-corrected chi connectivity index (χ4v) is 4.20. The quantitative estimate of drug-likeness (QED) is 0.259. The lowest BCUT2D eigenvalue weighted by molar-refractivity contribution is 0.0106. The molecule has 3 aromatic carbocycles. The number of amides is 2. The Kier molecular flexibility index (Phi) is 10.9. The third-order valence-electron chi connectivity index (χ3n) is 5.96. The summed E-state index contributed by atoms with van der Waals surface area (Å²) in [6.07, 6.45) is -1.94. The van der Waals surface area contributed by atoms with Gasteiger partial charge in [0.1, 0.15) is 11.2 Å². The average molecular weight is 562 g/mol. The molecule has 0 saturated carbocycles. The zero-order valence-electron chi connectivity index (χ0n) is 24.9. The summed E-state index contributed by atoms with van der Waals surface area (Å²) in [4.78, 5) is 25.4. The molecule has 0 heterocycles. The van der Waals surface area contributed by atoms with Crippen molar-refractivity contribution in [2.24, 2.45) is 0 Å². The number of benzene rings is 3. The molecule has 0 aliphatic carbocycles. The molecular formula is C33H43N3O5. The first kappa shape index (κ1) is 31.6. The normalized spacial score (nSPS) is 13.3. The molecule has 0 fully saturated rings. The molecule has 8 nitrogen and oxygen atoms in total. The number of alkyl carbamates (subject to hydrolysis) is 1. The Hall–Kier alpha value is -3.88. The zero-order chi connectivity index (χ0) is 30.0. The molecule has 220 valence electrons. The molecule has 0 aromatic heterocycles. The lowest BCUT2D eigenvalue weighted by atomic mass is 10.0. The Morgan fingerprint density at radius 1 is 0.732 bits per heavy atom. The smallest absolute Gasteiger partial charge is 0.422 e. The summed E-state index contributed by atoms with van der Waals surface area (Å²) in [6, 6.07) is 27.0. The Balaban J connectivity index is 1.80. The van der Waals surface area contributed by atoms with Crippen LogP contribution in [0.5, 0.6) is 0 Å². The molecule has 0 unspecified atom stereocenters. The number of hydrogen-bond donors (Lipinski definition) is 3. The van der Waals surface area contributed by atoms with Crippen LogP contribution >= 0.6 is 0 Å². The summed E-state index contributed by atoms with van der Waals surface area (Å²) in [5, 5.41) is 15.8. The number of aliphatic hydroxyl groups is 1. The maximum Gasteiger partial charge on any atom is 0.422 e. The van der Waals surface area contributed by atoms with Gasteiger partial charge in [0, 0.05) is 13.1 Å². The number of hydrazine groups is 1. The molecule has 0 radical (unpaired) electrons. The molecule has 0 bridgehead atoms. The maximum absolute atomic E-state index is 12.7. The molecular weight excluding hydrogens is 518 g/mol. The van der Waals surface area contributed by atoms with Crippen LogP contribution in [0.15, 0.2) is 84.9 Å². The molecule has 41 heavy (non-hydrogen) atoms. The molecule has 0 aliphatic heterocycles. The first-order chi connectivity index (χ1) is 19.3. The fraction of sp³-hybridized carbons (Fsp3) is 0.394. The van der Waals surface area contributed by atoms with Crippen LogP contribution in [0.4, 0.5) is 9.59 Å². The second-order valence-corrected chi connectivity index (χ2v) is 12.1. The number of nitrogens with one attached hydrogen (secondary N) is 2. The van der Waals surface area contributed by atoms with Crippen molar-refractivity contribution >= 4 is 12.2 Å². The summed E-state index contributed by atoms with van der Waals surface area (Å²) in [5.41, 5.74) is 5.44.